The second kappa shape index (κ2) is 5.19. The monoisotopic (exact) mass is 341 g/mol. The fourth-order valence-corrected chi connectivity index (χ4v) is 3.46. The first-order chi connectivity index (χ1) is 11.4. The lowest BCUT2D eigenvalue weighted by molar-refractivity contribution is 0.302. The number of primary sulfonamides is 1. The summed E-state index contributed by atoms with van der Waals surface area (Å²) in [6.07, 6.45) is 1.76. The standard InChI is InChI=1S/C17H15N3O3S/c1-10-6-16-15(17-12(9-23-16)8-19-20-17)7-14(10)11-2-4-13(5-3-11)24(18,21)22/h2-8H,9H2,1H3,(H,19,20)(H2,18,21,22). The molecule has 122 valence electrons. The molecule has 0 atom stereocenters. The van der Waals surface area contributed by atoms with Crippen molar-refractivity contribution in [3.63, 3.8) is 0 Å². The van der Waals surface area contributed by atoms with Crippen molar-refractivity contribution in [1.29, 1.82) is 0 Å². The molecule has 0 radical (unpaired) electrons. The van der Waals surface area contributed by atoms with Crippen molar-refractivity contribution >= 4 is 10.0 Å². The van der Waals surface area contributed by atoms with Crippen molar-refractivity contribution in [2.75, 3.05) is 0 Å². The third-order valence-corrected chi connectivity index (χ3v) is 5.12. The molecular weight excluding hydrogens is 326 g/mol. The molecule has 3 aromatic rings. The van der Waals surface area contributed by atoms with Gasteiger partial charge in [0.25, 0.3) is 0 Å². The molecule has 0 fully saturated rings. The van der Waals surface area contributed by atoms with E-state index >= 15 is 0 Å². The fourth-order valence-electron chi connectivity index (χ4n) is 2.94. The smallest absolute Gasteiger partial charge is 0.238 e. The summed E-state index contributed by atoms with van der Waals surface area (Å²) in [5.41, 5.74) is 5.88. The minimum Gasteiger partial charge on any atom is -0.488 e. The van der Waals surface area contributed by atoms with Gasteiger partial charge in [-0.1, -0.05) is 12.1 Å². The molecular formula is C17H15N3O3S. The van der Waals surface area contributed by atoms with E-state index in [9.17, 15) is 8.42 Å². The van der Waals surface area contributed by atoms with E-state index in [4.69, 9.17) is 9.88 Å². The SMILES string of the molecule is Cc1cc2c(cc1-c1ccc(S(N)(=O)=O)cc1)-c1[nH]ncc1CO2. The van der Waals surface area contributed by atoms with E-state index in [1.165, 1.54) is 12.1 Å². The molecule has 0 amide bonds. The summed E-state index contributed by atoms with van der Waals surface area (Å²) in [7, 11) is -3.69. The number of hydrogen-bond donors (Lipinski definition) is 2. The Balaban J connectivity index is 1.84. The van der Waals surface area contributed by atoms with Gasteiger partial charge in [0.05, 0.1) is 16.8 Å². The van der Waals surface area contributed by atoms with Gasteiger partial charge < -0.3 is 4.74 Å². The number of aryl methyl sites for hydroxylation is 1. The molecule has 1 aliphatic heterocycles. The van der Waals surface area contributed by atoms with E-state index < -0.39 is 10.0 Å². The quantitative estimate of drug-likeness (QED) is 0.748. The van der Waals surface area contributed by atoms with Crippen molar-refractivity contribution in [3.05, 3.63) is 53.7 Å². The Kier molecular flexibility index (Phi) is 3.22. The maximum atomic E-state index is 11.4. The highest BCUT2D eigenvalue weighted by molar-refractivity contribution is 7.89. The lowest BCUT2D eigenvalue weighted by Gasteiger charge is -2.19. The first kappa shape index (κ1) is 14.9. The summed E-state index contributed by atoms with van der Waals surface area (Å²) < 4.78 is 28.6. The van der Waals surface area contributed by atoms with E-state index in [1.807, 2.05) is 19.1 Å². The maximum Gasteiger partial charge on any atom is 0.238 e. The molecule has 7 heteroatoms. The van der Waals surface area contributed by atoms with Gasteiger partial charge in [0.15, 0.2) is 0 Å². The second-order valence-electron chi connectivity index (χ2n) is 5.79. The van der Waals surface area contributed by atoms with Crippen molar-refractivity contribution < 1.29 is 13.2 Å². The molecule has 2 heterocycles. The highest BCUT2D eigenvalue weighted by atomic mass is 32.2. The summed E-state index contributed by atoms with van der Waals surface area (Å²) in [6.45, 7) is 2.50. The number of aromatic amines is 1. The van der Waals surface area contributed by atoms with E-state index in [1.54, 1.807) is 18.3 Å². The van der Waals surface area contributed by atoms with Gasteiger partial charge in [0, 0.05) is 11.1 Å². The first-order valence-electron chi connectivity index (χ1n) is 7.37. The van der Waals surface area contributed by atoms with Gasteiger partial charge in [0.1, 0.15) is 12.4 Å². The Bertz CT molecular complexity index is 1040. The van der Waals surface area contributed by atoms with Crippen LogP contribution in [0.1, 0.15) is 11.1 Å². The number of nitrogens with one attached hydrogen (secondary N) is 1. The van der Waals surface area contributed by atoms with Gasteiger partial charge in [-0.2, -0.15) is 5.10 Å². The largest absolute Gasteiger partial charge is 0.488 e. The average Bonchev–Trinajstić information content (AvgIpc) is 3.02. The van der Waals surface area contributed by atoms with Gasteiger partial charge in [0.2, 0.25) is 10.0 Å². The van der Waals surface area contributed by atoms with Crippen LogP contribution >= 0.6 is 0 Å². The van der Waals surface area contributed by atoms with Crippen LogP contribution in [0.4, 0.5) is 0 Å². The zero-order chi connectivity index (χ0) is 16.9. The Hall–Kier alpha value is -2.64. The van der Waals surface area contributed by atoms with Crippen LogP contribution < -0.4 is 9.88 Å². The predicted octanol–water partition coefficient (Wildman–Crippen LogP) is 2.59. The number of fused-ring (bicyclic) bond motifs is 3. The summed E-state index contributed by atoms with van der Waals surface area (Å²) in [5, 5.41) is 12.2. The molecule has 0 unspecified atom stereocenters. The van der Waals surface area contributed by atoms with Gasteiger partial charge in [-0.05, 0) is 47.9 Å². The molecule has 4 rings (SSSR count). The van der Waals surface area contributed by atoms with Gasteiger partial charge in [-0.15, -0.1) is 0 Å². The lowest BCUT2D eigenvalue weighted by atomic mass is 9.94. The number of nitrogens with two attached hydrogens (primary N) is 1. The molecule has 6 nitrogen and oxygen atoms in total. The minimum absolute atomic E-state index is 0.0982. The summed E-state index contributed by atoms with van der Waals surface area (Å²) in [5.74, 6) is 0.814. The molecule has 0 saturated heterocycles. The minimum atomic E-state index is -3.69. The first-order valence-corrected chi connectivity index (χ1v) is 8.91. The number of benzene rings is 2. The van der Waals surface area contributed by atoms with Gasteiger partial charge in [-0.25, -0.2) is 13.6 Å². The lowest BCUT2D eigenvalue weighted by Crippen LogP contribution is -2.11. The van der Waals surface area contributed by atoms with Gasteiger partial charge >= 0.3 is 0 Å². The average molecular weight is 341 g/mol. The third kappa shape index (κ3) is 2.38. The molecule has 0 aliphatic carbocycles. The Morgan fingerprint density at radius 2 is 1.92 bits per heavy atom. The Morgan fingerprint density at radius 1 is 1.17 bits per heavy atom. The molecule has 0 saturated carbocycles. The second-order valence-corrected chi connectivity index (χ2v) is 7.35. The van der Waals surface area contributed by atoms with Crippen LogP contribution in [0.3, 0.4) is 0 Å². The van der Waals surface area contributed by atoms with Crippen LogP contribution in [-0.2, 0) is 16.6 Å². The van der Waals surface area contributed by atoms with E-state index in [0.717, 1.165) is 39.3 Å². The normalized spacial score (nSPS) is 13.1. The van der Waals surface area contributed by atoms with E-state index in [2.05, 4.69) is 10.2 Å². The summed E-state index contributed by atoms with van der Waals surface area (Å²) >= 11 is 0. The zero-order valence-electron chi connectivity index (χ0n) is 12.9. The number of hydrogen-bond acceptors (Lipinski definition) is 4. The number of rotatable bonds is 2. The summed E-state index contributed by atoms with van der Waals surface area (Å²) in [6, 6.07) is 10.6. The van der Waals surface area contributed by atoms with Crippen LogP contribution in [0.2, 0.25) is 0 Å². The van der Waals surface area contributed by atoms with Crippen LogP contribution in [0.15, 0.2) is 47.5 Å². The number of aromatic nitrogens is 2. The van der Waals surface area contributed by atoms with Crippen molar-refractivity contribution in [3.8, 4) is 28.1 Å². The molecule has 2 aromatic carbocycles. The highest BCUT2D eigenvalue weighted by Crippen LogP contribution is 2.40. The number of H-pyrrole nitrogens is 1. The number of ether oxygens (including phenoxy) is 1. The molecule has 0 bridgehead atoms. The van der Waals surface area contributed by atoms with E-state index in [0.29, 0.717) is 6.61 Å². The third-order valence-electron chi connectivity index (χ3n) is 4.19. The number of sulfonamides is 1. The molecule has 3 N–H and O–H groups in total. The van der Waals surface area contributed by atoms with Crippen LogP contribution in [-0.4, -0.2) is 18.6 Å². The van der Waals surface area contributed by atoms with Gasteiger partial charge in [-0.3, -0.25) is 5.10 Å². The zero-order valence-corrected chi connectivity index (χ0v) is 13.7. The maximum absolute atomic E-state index is 11.4. The molecule has 1 aromatic heterocycles. The topological polar surface area (TPSA) is 98.1 Å². The summed E-state index contributed by atoms with van der Waals surface area (Å²) in [4.78, 5) is 0.0982. The van der Waals surface area contributed by atoms with Crippen molar-refractivity contribution in [2.45, 2.75) is 18.4 Å². The van der Waals surface area contributed by atoms with Crippen molar-refractivity contribution in [2.24, 2.45) is 5.14 Å². The van der Waals surface area contributed by atoms with Crippen LogP contribution in [0, 0.1) is 6.92 Å². The van der Waals surface area contributed by atoms with Crippen LogP contribution in [0.5, 0.6) is 5.75 Å². The van der Waals surface area contributed by atoms with Crippen LogP contribution in [0.25, 0.3) is 22.4 Å². The molecule has 1 aliphatic rings. The Morgan fingerprint density at radius 3 is 2.62 bits per heavy atom. The predicted molar refractivity (Wildman–Crippen MR) is 89.9 cm³/mol. The highest BCUT2D eigenvalue weighted by Gasteiger charge is 2.21. The molecule has 0 spiro atoms. The van der Waals surface area contributed by atoms with E-state index in [-0.39, 0.29) is 4.90 Å². The van der Waals surface area contributed by atoms with Crippen molar-refractivity contribution in [1.82, 2.24) is 10.2 Å². The fraction of sp³-hybridized carbons (Fsp3) is 0.118. The molecule has 24 heavy (non-hydrogen) atoms. The Labute approximate surface area is 139 Å². The number of nitrogens with zero attached hydrogens (tertiary/aromatic N) is 1.